The fraction of sp³-hybridized carbons (Fsp3) is 0.158. The summed E-state index contributed by atoms with van der Waals surface area (Å²) < 4.78 is 0. The molecule has 0 unspecified atom stereocenters. The van der Waals surface area contributed by atoms with Crippen molar-refractivity contribution in [1.82, 2.24) is 5.32 Å². The van der Waals surface area contributed by atoms with Crippen LogP contribution >= 0.6 is 0 Å². The SMILES string of the molecule is C=CCNC(=O)c1ccc(C(=O)Nc2ccc(N(C)C)cc2)cc1. The molecule has 5 nitrogen and oxygen atoms in total. The largest absolute Gasteiger partial charge is 0.378 e. The maximum atomic E-state index is 12.3. The molecule has 0 saturated heterocycles. The fourth-order valence-corrected chi connectivity index (χ4v) is 2.09. The van der Waals surface area contributed by atoms with Gasteiger partial charge in [0.15, 0.2) is 0 Å². The number of amides is 2. The van der Waals surface area contributed by atoms with E-state index in [9.17, 15) is 9.59 Å². The summed E-state index contributed by atoms with van der Waals surface area (Å²) in [6.45, 7) is 3.95. The van der Waals surface area contributed by atoms with Gasteiger partial charge in [-0.05, 0) is 48.5 Å². The Hall–Kier alpha value is -3.08. The molecule has 124 valence electrons. The molecule has 2 aromatic rings. The molecular weight excluding hydrogens is 302 g/mol. The topological polar surface area (TPSA) is 61.4 Å². The van der Waals surface area contributed by atoms with Gasteiger partial charge in [-0.1, -0.05) is 6.08 Å². The molecule has 0 bridgehead atoms. The maximum Gasteiger partial charge on any atom is 0.255 e. The molecule has 0 aliphatic rings. The van der Waals surface area contributed by atoms with Gasteiger partial charge in [0.25, 0.3) is 11.8 Å². The highest BCUT2D eigenvalue weighted by molar-refractivity contribution is 6.05. The van der Waals surface area contributed by atoms with Crippen LogP contribution in [0.15, 0.2) is 61.2 Å². The van der Waals surface area contributed by atoms with Crippen molar-refractivity contribution in [1.29, 1.82) is 0 Å². The van der Waals surface area contributed by atoms with Crippen molar-refractivity contribution < 1.29 is 9.59 Å². The van der Waals surface area contributed by atoms with Gasteiger partial charge in [0.2, 0.25) is 0 Å². The third-order valence-electron chi connectivity index (χ3n) is 3.46. The summed E-state index contributed by atoms with van der Waals surface area (Å²) in [6, 6.07) is 14.1. The zero-order chi connectivity index (χ0) is 17.5. The van der Waals surface area contributed by atoms with E-state index in [4.69, 9.17) is 0 Å². The molecule has 2 amide bonds. The number of carbonyl (C=O) groups excluding carboxylic acids is 2. The van der Waals surface area contributed by atoms with Crippen LogP contribution in [-0.2, 0) is 0 Å². The van der Waals surface area contributed by atoms with E-state index < -0.39 is 0 Å². The van der Waals surface area contributed by atoms with E-state index in [2.05, 4.69) is 17.2 Å². The summed E-state index contributed by atoms with van der Waals surface area (Å²) in [5, 5.41) is 5.53. The first-order chi connectivity index (χ1) is 11.5. The molecule has 0 radical (unpaired) electrons. The zero-order valence-corrected chi connectivity index (χ0v) is 13.9. The van der Waals surface area contributed by atoms with Crippen LogP contribution in [0.2, 0.25) is 0 Å². The van der Waals surface area contributed by atoms with Crippen LogP contribution in [0.5, 0.6) is 0 Å². The lowest BCUT2D eigenvalue weighted by atomic mass is 10.1. The number of nitrogens with zero attached hydrogens (tertiary/aromatic N) is 1. The second-order valence-electron chi connectivity index (χ2n) is 5.47. The lowest BCUT2D eigenvalue weighted by Crippen LogP contribution is -2.23. The Bertz CT molecular complexity index is 719. The van der Waals surface area contributed by atoms with Crippen molar-refractivity contribution in [3.63, 3.8) is 0 Å². The highest BCUT2D eigenvalue weighted by Gasteiger charge is 2.09. The third kappa shape index (κ3) is 4.46. The molecule has 2 N–H and O–H groups in total. The molecule has 0 aromatic heterocycles. The van der Waals surface area contributed by atoms with Gasteiger partial charge in [-0.25, -0.2) is 0 Å². The van der Waals surface area contributed by atoms with Crippen LogP contribution < -0.4 is 15.5 Å². The standard InChI is InChI=1S/C19H21N3O2/c1-4-13-20-18(23)14-5-7-15(8-6-14)19(24)21-16-9-11-17(12-10-16)22(2)3/h4-12H,1,13H2,2-3H3,(H,20,23)(H,21,24). The Morgan fingerprint density at radius 1 is 0.958 bits per heavy atom. The molecule has 0 aliphatic carbocycles. The molecule has 0 atom stereocenters. The number of nitrogens with one attached hydrogen (secondary N) is 2. The van der Waals surface area contributed by atoms with Crippen LogP contribution in [0.3, 0.4) is 0 Å². The Morgan fingerprint density at radius 2 is 1.50 bits per heavy atom. The number of benzene rings is 2. The summed E-state index contributed by atoms with van der Waals surface area (Å²) >= 11 is 0. The summed E-state index contributed by atoms with van der Waals surface area (Å²) in [7, 11) is 3.92. The number of hydrogen-bond donors (Lipinski definition) is 2. The second-order valence-corrected chi connectivity index (χ2v) is 5.47. The smallest absolute Gasteiger partial charge is 0.255 e. The lowest BCUT2D eigenvalue weighted by Gasteiger charge is -2.13. The maximum absolute atomic E-state index is 12.3. The second kappa shape index (κ2) is 7.97. The predicted octanol–water partition coefficient (Wildman–Crippen LogP) is 2.92. The number of hydrogen-bond acceptors (Lipinski definition) is 3. The zero-order valence-electron chi connectivity index (χ0n) is 13.9. The predicted molar refractivity (Wildman–Crippen MR) is 97.7 cm³/mol. The van der Waals surface area contributed by atoms with E-state index in [0.717, 1.165) is 11.4 Å². The molecule has 24 heavy (non-hydrogen) atoms. The first kappa shape index (κ1) is 17.3. The molecule has 0 spiro atoms. The van der Waals surface area contributed by atoms with Crippen LogP contribution in [-0.4, -0.2) is 32.5 Å². The van der Waals surface area contributed by atoms with Crippen molar-refractivity contribution in [2.45, 2.75) is 0 Å². The van der Waals surface area contributed by atoms with Gasteiger partial charge in [-0.3, -0.25) is 9.59 Å². The van der Waals surface area contributed by atoms with Crippen molar-refractivity contribution in [2.75, 3.05) is 30.9 Å². The number of carbonyl (C=O) groups is 2. The van der Waals surface area contributed by atoms with Crippen molar-refractivity contribution >= 4 is 23.2 Å². The van der Waals surface area contributed by atoms with Crippen LogP contribution in [0, 0.1) is 0 Å². The molecule has 2 rings (SSSR count). The van der Waals surface area contributed by atoms with E-state index in [1.165, 1.54) is 0 Å². The number of anilines is 2. The first-order valence-corrected chi connectivity index (χ1v) is 7.59. The van der Waals surface area contributed by atoms with Gasteiger partial charge in [-0.2, -0.15) is 0 Å². The van der Waals surface area contributed by atoms with E-state index in [1.807, 2.05) is 43.3 Å². The van der Waals surface area contributed by atoms with Gasteiger partial charge in [0.05, 0.1) is 0 Å². The third-order valence-corrected chi connectivity index (χ3v) is 3.46. The molecular formula is C19H21N3O2. The monoisotopic (exact) mass is 323 g/mol. The Morgan fingerprint density at radius 3 is 2.00 bits per heavy atom. The summed E-state index contributed by atoms with van der Waals surface area (Å²) in [4.78, 5) is 26.0. The van der Waals surface area contributed by atoms with Crippen LogP contribution in [0.4, 0.5) is 11.4 Å². The van der Waals surface area contributed by atoms with Gasteiger partial charge in [0, 0.05) is 43.1 Å². The highest BCUT2D eigenvalue weighted by Crippen LogP contribution is 2.16. The minimum Gasteiger partial charge on any atom is -0.378 e. The van der Waals surface area contributed by atoms with Gasteiger partial charge in [0.1, 0.15) is 0 Å². The summed E-state index contributed by atoms with van der Waals surface area (Å²) in [5.41, 5.74) is 2.77. The van der Waals surface area contributed by atoms with Crippen LogP contribution in [0.25, 0.3) is 0 Å². The summed E-state index contributed by atoms with van der Waals surface area (Å²) in [5.74, 6) is -0.410. The number of rotatable bonds is 6. The van der Waals surface area contributed by atoms with Crippen molar-refractivity contribution in [2.24, 2.45) is 0 Å². The molecule has 0 saturated carbocycles. The van der Waals surface area contributed by atoms with E-state index in [1.54, 1.807) is 30.3 Å². The molecule has 5 heteroatoms. The molecule has 2 aromatic carbocycles. The average molecular weight is 323 g/mol. The molecule has 0 fully saturated rings. The quantitative estimate of drug-likeness (QED) is 0.804. The average Bonchev–Trinajstić information content (AvgIpc) is 2.60. The van der Waals surface area contributed by atoms with Gasteiger partial charge >= 0.3 is 0 Å². The van der Waals surface area contributed by atoms with Crippen molar-refractivity contribution in [3.8, 4) is 0 Å². The minimum atomic E-state index is -0.217. The van der Waals surface area contributed by atoms with Crippen molar-refractivity contribution in [3.05, 3.63) is 72.3 Å². The molecule has 0 heterocycles. The lowest BCUT2D eigenvalue weighted by molar-refractivity contribution is 0.0956. The van der Waals surface area contributed by atoms with E-state index >= 15 is 0 Å². The summed E-state index contributed by atoms with van der Waals surface area (Å²) in [6.07, 6.45) is 1.61. The molecule has 0 aliphatic heterocycles. The Balaban J connectivity index is 2.02. The first-order valence-electron chi connectivity index (χ1n) is 7.59. The van der Waals surface area contributed by atoms with Crippen LogP contribution in [0.1, 0.15) is 20.7 Å². The normalized spacial score (nSPS) is 9.92. The fourth-order valence-electron chi connectivity index (χ4n) is 2.09. The van der Waals surface area contributed by atoms with E-state index in [-0.39, 0.29) is 11.8 Å². The van der Waals surface area contributed by atoms with Gasteiger partial charge < -0.3 is 15.5 Å². The minimum absolute atomic E-state index is 0.193. The van der Waals surface area contributed by atoms with Gasteiger partial charge in [-0.15, -0.1) is 6.58 Å². The highest BCUT2D eigenvalue weighted by atomic mass is 16.2. The van der Waals surface area contributed by atoms with E-state index in [0.29, 0.717) is 17.7 Å². The Kier molecular flexibility index (Phi) is 5.73. The Labute approximate surface area is 142 Å².